The van der Waals surface area contributed by atoms with Crippen LogP contribution < -0.4 is 11.2 Å². The standard InChI is InChI=1S/C26H24Cl2N2O10S/c1-41(35,36)38-11-10-17-13-30(26(34)29-23(17)31)22-12-20(40-25(33)16-4-8-19(28)9-5-16)21(39-22)14-37-24(32)15-2-6-18(27)7-3-15/h2-9,13,20-22H,10-12,14H2,1H3,(H,29,31,34)/t20-,21+,22+/m0/s1. The molecule has 0 unspecified atom stereocenters. The van der Waals surface area contributed by atoms with E-state index >= 15 is 0 Å². The number of carbonyl (C=O) groups excluding carboxylic acids is 2. The van der Waals surface area contributed by atoms with Gasteiger partial charge in [0.25, 0.3) is 15.7 Å². The van der Waals surface area contributed by atoms with Crippen molar-refractivity contribution < 1.29 is 36.4 Å². The smallest absolute Gasteiger partial charge is 0.338 e. The van der Waals surface area contributed by atoms with Crippen LogP contribution in [-0.2, 0) is 34.9 Å². The molecule has 1 fully saturated rings. The van der Waals surface area contributed by atoms with Gasteiger partial charge in [-0.05, 0) is 48.5 Å². The monoisotopic (exact) mass is 626 g/mol. The Hall–Kier alpha value is -3.49. The summed E-state index contributed by atoms with van der Waals surface area (Å²) in [5, 5.41) is 0.860. The van der Waals surface area contributed by atoms with Crippen LogP contribution in [0.2, 0.25) is 10.0 Å². The lowest BCUT2D eigenvalue weighted by molar-refractivity contribution is -0.0583. The van der Waals surface area contributed by atoms with Gasteiger partial charge in [-0.2, -0.15) is 8.42 Å². The molecule has 15 heteroatoms. The summed E-state index contributed by atoms with van der Waals surface area (Å²) in [4.78, 5) is 52.5. The highest BCUT2D eigenvalue weighted by Crippen LogP contribution is 2.31. The molecule has 0 amide bonds. The van der Waals surface area contributed by atoms with E-state index in [4.69, 9.17) is 37.4 Å². The van der Waals surface area contributed by atoms with Crippen LogP contribution in [0.15, 0.2) is 64.3 Å². The van der Waals surface area contributed by atoms with Crippen molar-refractivity contribution in [2.24, 2.45) is 0 Å². The number of aromatic nitrogens is 2. The molecule has 0 bridgehead atoms. The Balaban J connectivity index is 1.54. The van der Waals surface area contributed by atoms with E-state index in [1.165, 1.54) is 54.7 Å². The van der Waals surface area contributed by atoms with Gasteiger partial charge in [0.15, 0.2) is 0 Å². The number of nitrogens with one attached hydrogen (secondary N) is 1. The highest BCUT2D eigenvalue weighted by Gasteiger charge is 2.40. The molecule has 0 spiro atoms. The lowest BCUT2D eigenvalue weighted by atomic mass is 10.1. The molecule has 2 heterocycles. The van der Waals surface area contributed by atoms with Gasteiger partial charge < -0.3 is 14.2 Å². The first-order valence-corrected chi connectivity index (χ1v) is 14.7. The summed E-state index contributed by atoms with van der Waals surface area (Å²) in [7, 11) is -3.74. The molecular formula is C26H24Cl2N2O10S. The molecular weight excluding hydrogens is 603 g/mol. The van der Waals surface area contributed by atoms with Crippen molar-refractivity contribution in [1.29, 1.82) is 0 Å². The summed E-state index contributed by atoms with van der Waals surface area (Å²) >= 11 is 11.8. The zero-order chi connectivity index (χ0) is 29.7. The van der Waals surface area contributed by atoms with Gasteiger partial charge in [-0.1, -0.05) is 23.2 Å². The number of ether oxygens (including phenoxy) is 3. The van der Waals surface area contributed by atoms with Crippen molar-refractivity contribution in [2.45, 2.75) is 31.3 Å². The van der Waals surface area contributed by atoms with Gasteiger partial charge in [0.05, 0.1) is 24.0 Å². The molecule has 3 aromatic rings. The van der Waals surface area contributed by atoms with Gasteiger partial charge in [0.1, 0.15) is 25.0 Å². The van der Waals surface area contributed by atoms with Crippen LogP contribution in [-0.4, -0.2) is 61.6 Å². The Morgan fingerprint density at radius 1 is 1.00 bits per heavy atom. The van der Waals surface area contributed by atoms with E-state index in [-0.39, 0.29) is 42.7 Å². The molecule has 1 aliphatic heterocycles. The molecule has 0 aliphatic carbocycles. The van der Waals surface area contributed by atoms with Gasteiger partial charge in [0.2, 0.25) is 0 Å². The molecule has 1 saturated heterocycles. The molecule has 0 saturated carbocycles. The quantitative estimate of drug-likeness (QED) is 0.262. The lowest BCUT2D eigenvalue weighted by Crippen LogP contribution is -2.34. The van der Waals surface area contributed by atoms with Gasteiger partial charge in [-0.15, -0.1) is 0 Å². The van der Waals surface area contributed by atoms with Crippen molar-refractivity contribution in [2.75, 3.05) is 19.5 Å². The number of rotatable bonds is 10. The van der Waals surface area contributed by atoms with E-state index in [0.29, 0.717) is 10.0 Å². The Kier molecular flexibility index (Phi) is 9.66. The molecule has 0 radical (unpaired) electrons. The third-order valence-corrected chi connectivity index (χ3v) is 7.10. The number of H-pyrrole nitrogens is 1. The minimum absolute atomic E-state index is 0.0340. The predicted octanol–water partition coefficient (Wildman–Crippen LogP) is 2.73. The third-order valence-electron chi connectivity index (χ3n) is 6.00. The molecule has 1 N–H and O–H groups in total. The first-order chi connectivity index (χ1) is 19.4. The summed E-state index contributed by atoms with van der Waals surface area (Å²) in [5.74, 6) is -1.37. The van der Waals surface area contributed by atoms with E-state index in [9.17, 15) is 27.6 Å². The zero-order valence-electron chi connectivity index (χ0n) is 21.5. The topological polar surface area (TPSA) is 160 Å². The average Bonchev–Trinajstić information content (AvgIpc) is 3.30. The summed E-state index contributed by atoms with van der Waals surface area (Å²) in [6.07, 6.45) is -1.04. The van der Waals surface area contributed by atoms with Gasteiger partial charge in [-0.3, -0.25) is 18.5 Å². The average molecular weight is 627 g/mol. The second kappa shape index (κ2) is 13.0. The maximum atomic E-state index is 12.8. The molecule has 12 nitrogen and oxygen atoms in total. The first-order valence-electron chi connectivity index (χ1n) is 12.1. The Morgan fingerprint density at radius 2 is 1.59 bits per heavy atom. The summed E-state index contributed by atoms with van der Waals surface area (Å²) in [6, 6.07) is 12.0. The maximum absolute atomic E-state index is 12.8. The van der Waals surface area contributed by atoms with Crippen molar-refractivity contribution >= 4 is 45.3 Å². The second-order valence-electron chi connectivity index (χ2n) is 9.02. The number of benzene rings is 2. The normalized spacial score (nSPS) is 18.7. The third kappa shape index (κ3) is 8.27. The number of esters is 2. The van der Waals surface area contributed by atoms with Crippen LogP contribution in [0.25, 0.3) is 0 Å². The number of hydrogen-bond acceptors (Lipinski definition) is 10. The van der Waals surface area contributed by atoms with Crippen LogP contribution in [0.4, 0.5) is 0 Å². The SMILES string of the molecule is CS(=O)(=O)OCCc1cn([C@H]2C[C@H](OC(=O)c3ccc(Cl)cc3)[C@@H](COC(=O)c3ccc(Cl)cc3)O2)c(=O)[nH]c1=O. The molecule has 2 aromatic carbocycles. The second-order valence-corrected chi connectivity index (χ2v) is 11.5. The number of aromatic amines is 1. The van der Waals surface area contributed by atoms with Gasteiger partial charge in [-0.25, -0.2) is 14.4 Å². The van der Waals surface area contributed by atoms with Crippen molar-refractivity contribution in [3.05, 3.63) is 102 Å². The minimum Gasteiger partial charge on any atom is -0.459 e. The number of hydrogen-bond donors (Lipinski definition) is 1. The van der Waals surface area contributed by atoms with Crippen LogP contribution >= 0.6 is 23.2 Å². The van der Waals surface area contributed by atoms with E-state index in [0.717, 1.165) is 10.8 Å². The maximum Gasteiger partial charge on any atom is 0.338 e. The first kappa shape index (κ1) is 30.5. The highest BCUT2D eigenvalue weighted by atomic mass is 35.5. The molecule has 41 heavy (non-hydrogen) atoms. The van der Waals surface area contributed by atoms with Crippen molar-refractivity contribution in [1.82, 2.24) is 9.55 Å². The van der Waals surface area contributed by atoms with Crippen molar-refractivity contribution in [3.63, 3.8) is 0 Å². The molecule has 4 rings (SSSR count). The summed E-state index contributed by atoms with van der Waals surface area (Å²) < 4.78 is 45.3. The molecule has 1 aromatic heterocycles. The Labute approximate surface area is 243 Å². The fourth-order valence-electron chi connectivity index (χ4n) is 3.99. The van der Waals surface area contributed by atoms with E-state index in [1.807, 2.05) is 0 Å². The number of halogens is 2. The van der Waals surface area contributed by atoms with E-state index in [1.54, 1.807) is 0 Å². The molecule has 218 valence electrons. The molecule has 3 atom stereocenters. The van der Waals surface area contributed by atoms with Gasteiger partial charge >= 0.3 is 17.6 Å². The summed E-state index contributed by atoms with van der Waals surface area (Å²) in [6.45, 7) is -0.653. The van der Waals surface area contributed by atoms with Crippen LogP contribution in [0.1, 0.15) is 38.9 Å². The number of nitrogens with zero attached hydrogens (tertiary/aromatic N) is 1. The Bertz CT molecular complexity index is 1640. The zero-order valence-corrected chi connectivity index (χ0v) is 23.8. The largest absolute Gasteiger partial charge is 0.459 e. The number of carbonyl (C=O) groups is 2. The fraction of sp³-hybridized carbons (Fsp3) is 0.308. The Morgan fingerprint density at radius 3 is 2.17 bits per heavy atom. The predicted molar refractivity (Wildman–Crippen MR) is 147 cm³/mol. The fourth-order valence-corrected chi connectivity index (χ4v) is 4.62. The lowest BCUT2D eigenvalue weighted by Gasteiger charge is -2.19. The van der Waals surface area contributed by atoms with Crippen LogP contribution in [0.3, 0.4) is 0 Å². The van der Waals surface area contributed by atoms with E-state index in [2.05, 4.69) is 9.17 Å². The highest BCUT2D eigenvalue weighted by molar-refractivity contribution is 7.85. The van der Waals surface area contributed by atoms with Crippen molar-refractivity contribution in [3.8, 4) is 0 Å². The summed E-state index contributed by atoms with van der Waals surface area (Å²) in [5.41, 5.74) is -1.03. The van der Waals surface area contributed by atoms with Crippen LogP contribution in [0, 0.1) is 0 Å². The van der Waals surface area contributed by atoms with Gasteiger partial charge in [0, 0.05) is 34.6 Å². The molecule has 1 aliphatic rings. The minimum atomic E-state index is -3.74. The van der Waals surface area contributed by atoms with E-state index < -0.39 is 51.7 Å². The van der Waals surface area contributed by atoms with Crippen LogP contribution in [0.5, 0.6) is 0 Å².